The number of carbonyl (C=O) groups excluding carboxylic acids is 2. The Morgan fingerprint density at radius 2 is 2.04 bits per heavy atom. The van der Waals surface area contributed by atoms with Gasteiger partial charge in [-0.2, -0.15) is 0 Å². The number of aryl methyl sites for hydroxylation is 1. The number of carbonyl (C=O) groups is 2. The molecular formula is C18H18N2O3S. The highest BCUT2D eigenvalue weighted by molar-refractivity contribution is 7.99. The van der Waals surface area contributed by atoms with Crippen molar-refractivity contribution >= 4 is 35.0 Å². The molecule has 24 heavy (non-hydrogen) atoms. The predicted molar refractivity (Wildman–Crippen MR) is 96.5 cm³/mol. The fourth-order valence-corrected chi connectivity index (χ4v) is 3.09. The molecule has 5 nitrogen and oxygen atoms in total. The number of rotatable bonds is 5. The molecule has 2 N–H and O–H groups in total. The summed E-state index contributed by atoms with van der Waals surface area (Å²) in [6.07, 6.45) is 0. The first kappa shape index (κ1) is 16.4. The minimum absolute atomic E-state index is 0.0222. The molecule has 2 amide bonds. The maximum Gasteiger partial charge on any atom is 0.262 e. The van der Waals surface area contributed by atoms with Crippen molar-refractivity contribution in [2.75, 3.05) is 23.0 Å². The van der Waals surface area contributed by atoms with Gasteiger partial charge < -0.3 is 15.4 Å². The molecule has 0 bridgehead atoms. The van der Waals surface area contributed by atoms with E-state index in [4.69, 9.17) is 4.74 Å². The molecule has 0 saturated heterocycles. The Labute approximate surface area is 144 Å². The van der Waals surface area contributed by atoms with Crippen LogP contribution in [-0.2, 0) is 15.3 Å². The van der Waals surface area contributed by atoms with Gasteiger partial charge in [-0.25, -0.2) is 0 Å². The third kappa shape index (κ3) is 4.29. The Morgan fingerprint density at radius 1 is 1.25 bits per heavy atom. The molecular weight excluding hydrogens is 324 g/mol. The summed E-state index contributed by atoms with van der Waals surface area (Å²) in [6, 6.07) is 13.5. The SMILES string of the molecule is Cc1ccc(CSCC(=O)Nc2ccc3c(c2)NC(=O)CO3)cc1. The van der Waals surface area contributed by atoms with Crippen LogP contribution in [0.15, 0.2) is 42.5 Å². The lowest BCUT2D eigenvalue weighted by atomic mass is 10.2. The maximum absolute atomic E-state index is 12.0. The van der Waals surface area contributed by atoms with Crippen LogP contribution in [0.2, 0.25) is 0 Å². The van der Waals surface area contributed by atoms with E-state index in [1.165, 1.54) is 11.1 Å². The summed E-state index contributed by atoms with van der Waals surface area (Å²) in [6.45, 7) is 2.07. The normalized spacial score (nSPS) is 12.8. The number of anilines is 2. The van der Waals surface area contributed by atoms with Crippen LogP contribution in [-0.4, -0.2) is 24.2 Å². The number of hydrogen-bond donors (Lipinski definition) is 2. The van der Waals surface area contributed by atoms with Crippen LogP contribution in [0, 0.1) is 6.92 Å². The fourth-order valence-electron chi connectivity index (χ4n) is 2.30. The molecule has 124 valence electrons. The van der Waals surface area contributed by atoms with Gasteiger partial charge in [-0.1, -0.05) is 29.8 Å². The van der Waals surface area contributed by atoms with Gasteiger partial charge in [0, 0.05) is 11.4 Å². The van der Waals surface area contributed by atoms with E-state index in [2.05, 4.69) is 41.8 Å². The second-order valence-electron chi connectivity index (χ2n) is 5.57. The van der Waals surface area contributed by atoms with Gasteiger partial charge >= 0.3 is 0 Å². The van der Waals surface area contributed by atoms with E-state index in [9.17, 15) is 9.59 Å². The zero-order valence-corrected chi connectivity index (χ0v) is 14.1. The molecule has 1 aliphatic heterocycles. The molecule has 6 heteroatoms. The van der Waals surface area contributed by atoms with Crippen LogP contribution in [0.4, 0.5) is 11.4 Å². The number of nitrogens with one attached hydrogen (secondary N) is 2. The third-order valence-electron chi connectivity index (χ3n) is 3.52. The molecule has 0 aromatic heterocycles. The Balaban J connectivity index is 1.50. The van der Waals surface area contributed by atoms with Crippen molar-refractivity contribution in [2.24, 2.45) is 0 Å². The van der Waals surface area contributed by atoms with E-state index >= 15 is 0 Å². The summed E-state index contributed by atoms with van der Waals surface area (Å²) in [7, 11) is 0. The Morgan fingerprint density at radius 3 is 2.83 bits per heavy atom. The number of fused-ring (bicyclic) bond motifs is 1. The minimum Gasteiger partial charge on any atom is -0.482 e. The number of hydrogen-bond acceptors (Lipinski definition) is 4. The van der Waals surface area contributed by atoms with Crippen molar-refractivity contribution in [2.45, 2.75) is 12.7 Å². The minimum atomic E-state index is -0.195. The molecule has 0 saturated carbocycles. The zero-order valence-electron chi connectivity index (χ0n) is 13.3. The van der Waals surface area contributed by atoms with Gasteiger partial charge in [-0.3, -0.25) is 9.59 Å². The second-order valence-corrected chi connectivity index (χ2v) is 6.56. The highest BCUT2D eigenvalue weighted by atomic mass is 32.2. The number of ether oxygens (including phenoxy) is 1. The van der Waals surface area contributed by atoms with Gasteiger partial charge in [0.25, 0.3) is 5.91 Å². The van der Waals surface area contributed by atoms with Gasteiger partial charge in [0.1, 0.15) is 5.75 Å². The number of amides is 2. The van der Waals surface area contributed by atoms with E-state index in [0.717, 1.165) is 5.75 Å². The standard InChI is InChI=1S/C18H18N2O3S/c1-12-2-4-13(5-3-12)10-24-11-18(22)19-14-6-7-16-15(8-14)20-17(21)9-23-16/h2-8H,9-11H2,1H3,(H,19,22)(H,20,21). The first-order valence-corrected chi connectivity index (χ1v) is 8.75. The summed E-state index contributed by atoms with van der Waals surface area (Å²) in [5.74, 6) is 1.51. The lowest BCUT2D eigenvalue weighted by molar-refractivity contribution is -0.118. The van der Waals surface area contributed by atoms with Crippen LogP contribution in [0.25, 0.3) is 0 Å². The topological polar surface area (TPSA) is 67.4 Å². The number of benzene rings is 2. The van der Waals surface area contributed by atoms with Gasteiger partial charge in [-0.15, -0.1) is 11.8 Å². The Kier molecular flexibility index (Phi) is 5.05. The largest absolute Gasteiger partial charge is 0.482 e. The monoisotopic (exact) mass is 342 g/mol. The molecule has 1 heterocycles. The lowest BCUT2D eigenvalue weighted by Crippen LogP contribution is -2.25. The van der Waals surface area contributed by atoms with E-state index < -0.39 is 0 Å². The molecule has 0 unspecified atom stereocenters. The lowest BCUT2D eigenvalue weighted by Gasteiger charge is -2.18. The average Bonchev–Trinajstić information content (AvgIpc) is 2.56. The van der Waals surface area contributed by atoms with E-state index in [1.54, 1.807) is 30.0 Å². The van der Waals surface area contributed by atoms with Crippen LogP contribution in [0.5, 0.6) is 5.75 Å². The molecule has 0 fully saturated rings. The Bertz CT molecular complexity index is 759. The van der Waals surface area contributed by atoms with Crippen molar-refractivity contribution in [3.8, 4) is 5.75 Å². The summed E-state index contributed by atoms with van der Waals surface area (Å²) in [4.78, 5) is 23.4. The molecule has 0 spiro atoms. The maximum atomic E-state index is 12.0. The van der Waals surface area contributed by atoms with Gasteiger partial charge in [0.15, 0.2) is 6.61 Å². The third-order valence-corrected chi connectivity index (χ3v) is 4.52. The quantitative estimate of drug-likeness (QED) is 0.876. The summed E-state index contributed by atoms with van der Waals surface area (Å²) >= 11 is 1.56. The molecule has 0 radical (unpaired) electrons. The summed E-state index contributed by atoms with van der Waals surface area (Å²) in [5, 5.41) is 5.56. The first-order chi connectivity index (χ1) is 11.6. The van der Waals surface area contributed by atoms with Crippen molar-refractivity contribution in [3.63, 3.8) is 0 Å². The van der Waals surface area contributed by atoms with Crippen LogP contribution >= 0.6 is 11.8 Å². The second kappa shape index (κ2) is 7.40. The molecule has 0 aliphatic carbocycles. The average molecular weight is 342 g/mol. The van der Waals surface area contributed by atoms with E-state index in [1.807, 2.05) is 0 Å². The van der Waals surface area contributed by atoms with Gasteiger partial charge in [-0.05, 0) is 30.7 Å². The highest BCUT2D eigenvalue weighted by Gasteiger charge is 2.16. The van der Waals surface area contributed by atoms with Crippen LogP contribution in [0.1, 0.15) is 11.1 Å². The molecule has 0 atom stereocenters. The van der Waals surface area contributed by atoms with E-state index in [-0.39, 0.29) is 18.4 Å². The first-order valence-electron chi connectivity index (χ1n) is 7.60. The number of thioether (sulfide) groups is 1. The molecule has 2 aromatic carbocycles. The summed E-state index contributed by atoms with van der Waals surface area (Å²) in [5.41, 5.74) is 3.65. The fraction of sp³-hybridized carbons (Fsp3) is 0.222. The molecule has 2 aromatic rings. The van der Waals surface area contributed by atoms with Crippen molar-refractivity contribution in [1.82, 2.24) is 0 Å². The molecule has 3 rings (SSSR count). The van der Waals surface area contributed by atoms with Crippen LogP contribution in [0.3, 0.4) is 0 Å². The van der Waals surface area contributed by atoms with Crippen LogP contribution < -0.4 is 15.4 Å². The van der Waals surface area contributed by atoms with Crippen molar-refractivity contribution < 1.29 is 14.3 Å². The highest BCUT2D eigenvalue weighted by Crippen LogP contribution is 2.30. The van der Waals surface area contributed by atoms with Crippen molar-refractivity contribution in [3.05, 3.63) is 53.6 Å². The predicted octanol–water partition coefficient (Wildman–Crippen LogP) is 3.20. The van der Waals surface area contributed by atoms with Gasteiger partial charge in [0.05, 0.1) is 11.4 Å². The molecule has 1 aliphatic rings. The van der Waals surface area contributed by atoms with Crippen molar-refractivity contribution in [1.29, 1.82) is 0 Å². The van der Waals surface area contributed by atoms with E-state index in [0.29, 0.717) is 22.9 Å². The Hall–Kier alpha value is -2.47. The zero-order chi connectivity index (χ0) is 16.9. The smallest absolute Gasteiger partial charge is 0.262 e. The summed E-state index contributed by atoms with van der Waals surface area (Å²) < 4.78 is 5.29. The van der Waals surface area contributed by atoms with Gasteiger partial charge in [0.2, 0.25) is 5.91 Å².